The van der Waals surface area contributed by atoms with Gasteiger partial charge in [0.2, 0.25) is 6.41 Å². The molecule has 8 nitrogen and oxygen atoms in total. The summed E-state index contributed by atoms with van der Waals surface area (Å²) in [6.45, 7) is 1.56. The number of nitrogens with one attached hydrogen (secondary N) is 1. The van der Waals surface area contributed by atoms with E-state index in [-0.39, 0.29) is 18.1 Å². The molecule has 1 atom stereocenters. The van der Waals surface area contributed by atoms with Crippen LogP contribution < -0.4 is 20.7 Å². The number of hydrogen-bond acceptors (Lipinski definition) is 7. The molecule has 1 aromatic carbocycles. The first-order valence-electron chi connectivity index (χ1n) is 7.84. The van der Waals surface area contributed by atoms with Crippen LogP contribution in [0.2, 0.25) is 0 Å². The normalized spacial score (nSPS) is 12.0. The van der Waals surface area contributed by atoms with Crippen molar-refractivity contribution in [1.82, 2.24) is 5.32 Å². The smallest absolute Gasteiger partial charge is 0.360 e. The number of anilines is 2. The Bertz CT molecular complexity index is 881. The van der Waals surface area contributed by atoms with Gasteiger partial charge in [-0.05, 0) is 24.6 Å². The predicted octanol–water partition coefficient (Wildman–Crippen LogP) is 1.06. The number of carboxylic acids is 1. The average molecular weight is 379 g/mol. The van der Waals surface area contributed by atoms with Crippen LogP contribution >= 0.6 is 12.6 Å². The summed E-state index contributed by atoms with van der Waals surface area (Å²) in [5.74, 6) is -1.05. The highest BCUT2D eigenvalue weighted by Crippen LogP contribution is 2.27. The molecule has 0 aliphatic rings. The van der Waals surface area contributed by atoms with Crippen LogP contribution in [0.25, 0.3) is 11.0 Å². The molecule has 9 heteroatoms. The van der Waals surface area contributed by atoms with Gasteiger partial charge in [0.15, 0.2) is 0 Å². The van der Waals surface area contributed by atoms with E-state index >= 15 is 0 Å². The minimum absolute atomic E-state index is 0.0423. The van der Waals surface area contributed by atoms with E-state index in [9.17, 15) is 14.4 Å². The van der Waals surface area contributed by atoms with Gasteiger partial charge in [-0.1, -0.05) is 0 Å². The summed E-state index contributed by atoms with van der Waals surface area (Å²) in [4.78, 5) is 38.0. The molecule has 0 bridgehead atoms. The van der Waals surface area contributed by atoms with Crippen LogP contribution in [0.15, 0.2) is 27.4 Å². The fourth-order valence-electron chi connectivity index (χ4n) is 2.55. The largest absolute Gasteiger partial charge is 0.480 e. The van der Waals surface area contributed by atoms with Gasteiger partial charge in [0.1, 0.15) is 17.3 Å². The highest BCUT2D eigenvalue weighted by molar-refractivity contribution is 7.80. The second-order valence-electron chi connectivity index (χ2n) is 5.95. The van der Waals surface area contributed by atoms with E-state index in [0.717, 1.165) is 10.6 Å². The molecule has 140 valence electrons. The Hall–Kier alpha value is -2.52. The number of carbonyl (C=O) groups excluding carboxylic acids is 1. The van der Waals surface area contributed by atoms with Crippen molar-refractivity contribution >= 4 is 47.4 Å². The Kier molecular flexibility index (Phi) is 6.27. The molecule has 0 fully saturated rings. The van der Waals surface area contributed by atoms with Gasteiger partial charge in [-0.25, -0.2) is 4.79 Å². The maximum atomic E-state index is 12.4. The van der Waals surface area contributed by atoms with Crippen LogP contribution in [-0.4, -0.2) is 50.0 Å². The van der Waals surface area contributed by atoms with Gasteiger partial charge >= 0.3 is 11.6 Å². The van der Waals surface area contributed by atoms with Gasteiger partial charge in [0.25, 0.3) is 0 Å². The molecule has 0 aliphatic heterocycles. The lowest BCUT2D eigenvalue weighted by Gasteiger charge is -2.22. The Morgan fingerprint density at radius 1 is 1.42 bits per heavy atom. The van der Waals surface area contributed by atoms with Gasteiger partial charge in [0, 0.05) is 37.0 Å². The highest BCUT2D eigenvalue weighted by atomic mass is 32.1. The third kappa shape index (κ3) is 4.00. The molecule has 1 aromatic heterocycles. The molecule has 0 aliphatic carbocycles. The second-order valence-corrected chi connectivity index (χ2v) is 6.31. The zero-order valence-electron chi connectivity index (χ0n) is 14.7. The van der Waals surface area contributed by atoms with E-state index in [1.54, 1.807) is 13.0 Å². The number of aliphatic carboxylic acids is 1. The Morgan fingerprint density at radius 2 is 2.12 bits per heavy atom. The molecule has 0 unspecified atom stereocenters. The SMILES string of the molecule is Cc1c(N(C=O)CN[C@@H](CS)C(=O)O)c(=O)oc2cc(N(C)C)ccc12. The number of carboxylic acid groups (broad SMARTS) is 1. The standard InChI is InChI=1S/C17H21N3O5S/c1-10-12-5-4-11(19(2)3)6-14(12)25-17(24)15(10)20(9-21)8-18-13(7-26)16(22)23/h4-6,9,13,18,26H,7-8H2,1-3H3,(H,22,23)/t13-/m0/s1. The molecule has 2 rings (SSSR count). The Morgan fingerprint density at radius 3 is 2.65 bits per heavy atom. The van der Waals surface area contributed by atoms with Gasteiger partial charge in [-0.3, -0.25) is 19.8 Å². The summed E-state index contributed by atoms with van der Waals surface area (Å²) >= 11 is 3.95. The van der Waals surface area contributed by atoms with E-state index in [4.69, 9.17) is 9.52 Å². The van der Waals surface area contributed by atoms with Crippen LogP contribution in [-0.2, 0) is 9.59 Å². The maximum absolute atomic E-state index is 12.4. The molecule has 1 amide bonds. The summed E-state index contributed by atoms with van der Waals surface area (Å²) in [6.07, 6.45) is 0.462. The zero-order valence-corrected chi connectivity index (χ0v) is 15.6. The molecule has 2 aromatic rings. The quantitative estimate of drug-likeness (QED) is 0.273. The molecule has 26 heavy (non-hydrogen) atoms. The topological polar surface area (TPSA) is 103 Å². The lowest BCUT2D eigenvalue weighted by molar-refractivity contribution is -0.138. The number of aryl methyl sites for hydroxylation is 1. The number of benzene rings is 1. The number of carbonyl (C=O) groups is 2. The first-order chi connectivity index (χ1) is 12.3. The van der Waals surface area contributed by atoms with E-state index in [1.807, 2.05) is 31.1 Å². The van der Waals surface area contributed by atoms with Crippen molar-refractivity contribution in [2.45, 2.75) is 13.0 Å². The van der Waals surface area contributed by atoms with Crippen LogP contribution in [0, 0.1) is 6.92 Å². The molecular formula is C17H21N3O5S. The van der Waals surface area contributed by atoms with Crippen molar-refractivity contribution in [3.05, 3.63) is 34.2 Å². The molecule has 0 saturated heterocycles. The van der Waals surface area contributed by atoms with E-state index in [1.165, 1.54) is 0 Å². The van der Waals surface area contributed by atoms with Crippen LogP contribution in [0.1, 0.15) is 5.56 Å². The van der Waals surface area contributed by atoms with Crippen molar-refractivity contribution in [3.8, 4) is 0 Å². The van der Waals surface area contributed by atoms with Crippen LogP contribution in [0.5, 0.6) is 0 Å². The van der Waals surface area contributed by atoms with E-state index in [2.05, 4.69) is 17.9 Å². The minimum Gasteiger partial charge on any atom is -0.480 e. The van der Waals surface area contributed by atoms with Crippen LogP contribution in [0.4, 0.5) is 11.4 Å². The van der Waals surface area contributed by atoms with Crippen molar-refractivity contribution in [2.75, 3.05) is 36.3 Å². The van der Waals surface area contributed by atoms with Crippen molar-refractivity contribution in [1.29, 1.82) is 0 Å². The number of thiol groups is 1. The minimum atomic E-state index is -1.09. The fraction of sp³-hybridized carbons (Fsp3) is 0.353. The number of hydrogen-bond donors (Lipinski definition) is 3. The van der Waals surface area contributed by atoms with Crippen LogP contribution in [0.3, 0.4) is 0 Å². The monoisotopic (exact) mass is 379 g/mol. The lowest BCUT2D eigenvalue weighted by Crippen LogP contribution is -2.45. The highest BCUT2D eigenvalue weighted by Gasteiger charge is 2.21. The first kappa shape index (κ1) is 19.8. The van der Waals surface area contributed by atoms with E-state index < -0.39 is 17.6 Å². The third-order valence-electron chi connectivity index (χ3n) is 4.04. The summed E-state index contributed by atoms with van der Waals surface area (Å²) in [5.41, 5.74) is 1.27. The fourth-order valence-corrected chi connectivity index (χ4v) is 2.84. The zero-order chi connectivity index (χ0) is 19.4. The number of nitrogens with zero attached hydrogens (tertiary/aromatic N) is 2. The first-order valence-corrected chi connectivity index (χ1v) is 8.47. The molecule has 0 radical (unpaired) electrons. The van der Waals surface area contributed by atoms with E-state index in [0.29, 0.717) is 22.9 Å². The summed E-state index contributed by atoms with van der Waals surface area (Å²) in [5, 5.41) is 12.4. The summed E-state index contributed by atoms with van der Waals surface area (Å²) in [6, 6.07) is 4.50. The van der Waals surface area contributed by atoms with Crippen molar-refractivity contribution < 1.29 is 19.1 Å². The lowest BCUT2D eigenvalue weighted by atomic mass is 10.1. The third-order valence-corrected chi connectivity index (χ3v) is 4.41. The molecular weight excluding hydrogens is 358 g/mol. The maximum Gasteiger partial charge on any atom is 0.360 e. The van der Waals surface area contributed by atoms with Gasteiger partial charge < -0.3 is 14.4 Å². The summed E-state index contributed by atoms with van der Waals surface area (Å²) in [7, 11) is 3.75. The molecule has 0 spiro atoms. The molecule has 2 N–H and O–H groups in total. The Balaban J connectivity index is 2.44. The average Bonchev–Trinajstić information content (AvgIpc) is 2.59. The second kappa shape index (κ2) is 8.24. The van der Waals surface area contributed by atoms with Crippen molar-refractivity contribution in [2.24, 2.45) is 0 Å². The van der Waals surface area contributed by atoms with Gasteiger partial charge in [-0.15, -0.1) is 0 Å². The number of fused-ring (bicyclic) bond motifs is 1. The molecule has 0 saturated carbocycles. The number of rotatable bonds is 8. The number of amides is 1. The molecule has 1 heterocycles. The van der Waals surface area contributed by atoms with Crippen molar-refractivity contribution in [3.63, 3.8) is 0 Å². The van der Waals surface area contributed by atoms with Gasteiger partial charge in [-0.2, -0.15) is 12.6 Å². The predicted molar refractivity (Wildman–Crippen MR) is 103 cm³/mol. The summed E-state index contributed by atoms with van der Waals surface area (Å²) < 4.78 is 5.39. The Labute approximate surface area is 155 Å². The van der Waals surface area contributed by atoms with Gasteiger partial charge in [0.05, 0.1) is 6.67 Å².